The molecule has 1 aromatic heterocycles. The van der Waals surface area contributed by atoms with E-state index in [4.69, 9.17) is 0 Å². The fourth-order valence-electron chi connectivity index (χ4n) is 1.49. The van der Waals surface area contributed by atoms with Gasteiger partial charge in [0.1, 0.15) is 0 Å². The number of aromatic nitrogens is 2. The Morgan fingerprint density at radius 3 is 3.31 bits per heavy atom. The lowest BCUT2D eigenvalue weighted by atomic mass is 10.1. The summed E-state index contributed by atoms with van der Waals surface area (Å²) in [5, 5.41) is 8.53. The molecule has 2 heteroatoms. The van der Waals surface area contributed by atoms with Gasteiger partial charge in [0.05, 0.1) is 11.2 Å². The van der Waals surface area contributed by atoms with E-state index in [0.717, 1.165) is 11.9 Å². The van der Waals surface area contributed by atoms with Gasteiger partial charge in [0.2, 0.25) is 0 Å². The highest BCUT2D eigenvalue weighted by Crippen LogP contribution is 2.16. The molecule has 0 saturated heterocycles. The Bertz CT molecular complexity index is 390. The molecule has 0 aliphatic heterocycles. The van der Waals surface area contributed by atoms with E-state index in [9.17, 15) is 0 Å². The summed E-state index contributed by atoms with van der Waals surface area (Å²) in [6.45, 7) is 2.20. The smallest absolute Gasteiger partial charge is 0.0701 e. The molecule has 0 unspecified atom stereocenters. The monoisotopic (exact) mass is 173 g/mol. The molecule has 1 N–H and O–H groups in total. The first-order chi connectivity index (χ1) is 6.42. The molecule has 1 aromatic carbocycles. The molecule has 67 valence electrons. The van der Waals surface area contributed by atoms with Gasteiger partial charge < -0.3 is 0 Å². The Morgan fingerprint density at radius 2 is 2.46 bits per heavy atom. The maximum atomic E-state index is 4.29. The molecular formula is C11H13N2. The molecule has 2 nitrogen and oxygen atoms in total. The zero-order valence-electron chi connectivity index (χ0n) is 7.80. The second-order valence-corrected chi connectivity index (χ2v) is 3.25. The number of aromatic amines is 1. The molecule has 0 saturated carbocycles. The molecule has 13 heavy (non-hydrogen) atoms. The van der Waals surface area contributed by atoms with E-state index in [0.29, 0.717) is 0 Å². The van der Waals surface area contributed by atoms with Crippen LogP contribution in [-0.2, 0) is 6.42 Å². The minimum Gasteiger partial charge on any atom is -0.278 e. The van der Waals surface area contributed by atoms with Gasteiger partial charge in [-0.1, -0.05) is 19.4 Å². The van der Waals surface area contributed by atoms with Crippen LogP contribution in [0.1, 0.15) is 25.5 Å². The zero-order valence-corrected chi connectivity index (χ0v) is 7.80. The Balaban J connectivity index is 2.35. The summed E-state index contributed by atoms with van der Waals surface area (Å²) in [5.74, 6) is 0. The van der Waals surface area contributed by atoms with Crippen LogP contribution in [0.3, 0.4) is 0 Å². The van der Waals surface area contributed by atoms with Gasteiger partial charge in [-0.05, 0) is 31.0 Å². The number of benzene rings is 1. The van der Waals surface area contributed by atoms with E-state index in [-0.39, 0.29) is 0 Å². The van der Waals surface area contributed by atoms with Crippen LogP contribution in [0, 0.1) is 6.07 Å². The number of nitrogens with one attached hydrogen (secondary N) is 1. The lowest BCUT2D eigenvalue weighted by Crippen LogP contribution is -1.84. The standard InChI is InChI=1S/C11H13N2/c1-2-3-7-10-9-6-4-5-8-11(9)13-12-10/h5-6,8H,2-3,7H2,1H3,(H,12,13). The van der Waals surface area contributed by atoms with Crippen molar-refractivity contribution in [2.75, 3.05) is 0 Å². The molecule has 1 heterocycles. The van der Waals surface area contributed by atoms with Gasteiger partial charge in [-0.2, -0.15) is 5.10 Å². The average Bonchev–Trinajstić information content (AvgIpc) is 2.58. The lowest BCUT2D eigenvalue weighted by Gasteiger charge is -1.93. The molecule has 0 atom stereocenters. The summed E-state index contributed by atoms with van der Waals surface area (Å²) in [7, 11) is 0. The fraction of sp³-hybridized carbons (Fsp3) is 0.364. The summed E-state index contributed by atoms with van der Waals surface area (Å²) in [6, 6.07) is 9.00. The molecule has 0 aliphatic rings. The van der Waals surface area contributed by atoms with Crippen LogP contribution in [0.15, 0.2) is 18.2 Å². The van der Waals surface area contributed by atoms with Crippen LogP contribution in [0.25, 0.3) is 10.9 Å². The predicted octanol–water partition coefficient (Wildman–Crippen LogP) is 2.71. The average molecular weight is 173 g/mol. The second-order valence-electron chi connectivity index (χ2n) is 3.25. The third-order valence-corrected chi connectivity index (χ3v) is 2.25. The number of rotatable bonds is 3. The van der Waals surface area contributed by atoms with Crippen molar-refractivity contribution in [2.45, 2.75) is 26.2 Å². The maximum Gasteiger partial charge on any atom is 0.0701 e. The van der Waals surface area contributed by atoms with Crippen molar-refractivity contribution in [1.82, 2.24) is 10.2 Å². The van der Waals surface area contributed by atoms with E-state index in [1.165, 1.54) is 23.9 Å². The SMILES string of the molecule is CCCCc1n[nH]c2cc[c]cc12. The molecule has 2 aromatic rings. The normalized spacial score (nSPS) is 10.8. The molecule has 0 amide bonds. The Hall–Kier alpha value is -1.31. The van der Waals surface area contributed by atoms with E-state index in [2.05, 4.69) is 23.2 Å². The van der Waals surface area contributed by atoms with Gasteiger partial charge in [0.15, 0.2) is 0 Å². The highest BCUT2D eigenvalue weighted by atomic mass is 15.1. The minimum absolute atomic E-state index is 1.06. The Labute approximate surface area is 78.0 Å². The van der Waals surface area contributed by atoms with Gasteiger partial charge >= 0.3 is 0 Å². The molecule has 1 radical (unpaired) electrons. The topological polar surface area (TPSA) is 28.7 Å². The van der Waals surface area contributed by atoms with Crippen LogP contribution in [-0.4, -0.2) is 10.2 Å². The zero-order chi connectivity index (χ0) is 9.10. The first-order valence-electron chi connectivity index (χ1n) is 4.75. The van der Waals surface area contributed by atoms with Crippen molar-refractivity contribution in [3.63, 3.8) is 0 Å². The van der Waals surface area contributed by atoms with E-state index in [1.807, 2.05) is 18.2 Å². The first-order valence-corrected chi connectivity index (χ1v) is 4.75. The van der Waals surface area contributed by atoms with Gasteiger partial charge in [0, 0.05) is 5.39 Å². The number of hydrogen-bond donors (Lipinski definition) is 1. The summed E-state index contributed by atoms with van der Waals surface area (Å²) < 4.78 is 0. The highest BCUT2D eigenvalue weighted by Gasteiger charge is 2.02. The molecular weight excluding hydrogens is 160 g/mol. The molecule has 2 rings (SSSR count). The summed E-state index contributed by atoms with van der Waals surface area (Å²) in [4.78, 5) is 0. The van der Waals surface area contributed by atoms with Crippen molar-refractivity contribution < 1.29 is 0 Å². The number of hydrogen-bond acceptors (Lipinski definition) is 1. The summed E-state index contributed by atoms with van der Waals surface area (Å²) >= 11 is 0. The predicted molar refractivity (Wildman–Crippen MR) is 53.5 cm³/mol. The van der Waals surface area contributed by atoms with Gasteiger partial charge in [0.25, 0.3) is 0 Å². The van der Waals surface area contributed by atoms with Crippen molar-refractivity contribution in [2.24, 2.45) is 0 Å². The Kier molecular flexibility index (Phi) is 2.30. The van der Waals surface area contributed by atoms with Crippen molar-refractivity contribution in [3.05, 3.63) is 30.0 Å². The van der Waals surface area contributed by atoms with Crippen LogP contribution < -0.4 is 0 Å². The number of aryl methyl sites for hydroxylation is 1. The van der Waals surface area contributed by atoms with Crippen LogP contribution in [0.2, 0.25) is 0 Å². The van der Waals surface area contributed by atoms with Gasteiger partial charge in [-0.15, -0.1) is 0 Å². The van der Waals surface area contributed by atoms with E-state index in [1.54, 1.807) is 0 Å². The molecule has 0 spiro atoms. The number of H-pyrrole nitrogens is 1. The largest absolute Gasteiger partial charge is 0.278 e. The lowest BCUT2D eigenvalue weighted by molar-refractivity contribution is 0.775. The number of fused-ring (bicyclic) bond motifs is 1. The van der Waals surface area contributed by atoms with E-state index < -0.39 is 0 Å². The third kappa shape index (κ3) is 1.57. The summed E-state index contributed by atoms with van der Waals surface area (Å²) in [5.41, 5.74) is 2.29. The summed E-state index contributed by atoms with van der Waals surface area (Å²) in [6.07, 6.45) is 3.48. The first kappa shape index (κ1) is 8.30. The van der Waals surface area contributed by atoms with E-state index >= 15 is 0 Å². The van der Waals surface area contributed by atoms with Crippen LogP contribution in [0.4, 0.5) is 0 Å². The highest BCUT2D eigenvalue weighted by molar-refractivity contribution is 5.80. The molecule has 0 aliphatic carbocycles. The molecule has 0 fully saturated rings. The van der Waals surface area contributed by atoms with Crippen LogP contribution >= 0.6 is 0 Å². The quantitative estimate of drug-likeness (QED) is 0.759. The molecule has 0 bridgehead atoms. The van der Waals surface area contributed by atoms with Gasteiger partial charge in [-0.25, -0.2) is 0 Å². The number of nitrogens with zero attached hydrogens (tertiary/aromatic N) is 1. The second kappa shape index (κ2) is 3.60. The van der Waals surface area contributed by atoms with Crippen LogP contribution in [0.5, 0.6) is 0 Å². The Morgan fingerprint density at radius 1 is 1.54 bits per heavy atom. The van der Waals surface area contributed by atoms with Gasteiger partial charge in [-0.3, -0.25) is 5.10 Å². The maximum absolute atomic E-state index is 4.29. The van der Waals surface area contributed by atoms with Crippen molar-refractivity contribution in [1.29, 1.82) is 0 Å². The van der Waals surface area contributed by atoms with Crippen molar-refractivity contribution in [3.8, 4) is 0 Å². The third-order valence-electron chi connectivity index (χ3n) is 2.25. The minimum atomic E-state index is 1.06. The number of unbranched alkanes of at least 4 members (excludes halogenated alkanes) is 1. The fourth-order valence-corrected chi connectivity index (χ4v) is 1.49. The van der Waals surface area contributed by atoms with Crippen molar-refractivity contribution >= 4 is 10.9 Å².